The molecule has 1 atom stereocenters. The molecule has 1 aromatic heterocycles. The lowest BCUT2D eigenvalue weighted by Crippen LogP contribution is -2.50. The van der Waals surface area contributed by atoms with E-state index >= 15 is 0 Å². The van der Waals surface area contributed by atoms with Gasteiger partial charge in [0.05, 0.1) is 6.54 Å². The Balaban J connectivity index is 1.56. The zero-order valence-electron chi connectivity index (χ0n) is 13.8. The van der Waals surface area contributed by atoms with Crippen molar-refractivity contribution in [3.63, 3.8) is 0 Å². The highest BCUT2D eigenvalue weighted by Gasteiger charge is 2.45. The van der Waals surface area contributed by atoms with E-state index in [1.54, 1.807) is 12.4 Å². The van der Waals surface area contributed by atoms with Gasteiger partial charge in [-0.25, -0.2) is 0 Å². The van der Waals surface area contributed by atoms with E-state index < -0.39 is 5.60 Å². The lowest BCUT2D eigenvalue weighted by Gasteiger charge is -2.38. The Morgan fingerprint density at radius 2 is 2.17 bits per heavy atom. The number of hydrogen-bond acceptors (Lipinski definition) is 5. The molecule has 128 valence electrons. The van der Waals surface area contributed by atoms with E-state index in [2.05, 4.69) is 15.5 Å². The quantitative estimate of drug-likeness (QED) is 0.900. The van der Waals surface area contributed by atoms with E-state index in [1.165, 1.54) is 0 Å². The van der Waals surface area contributed by atoms with Crippen LogP contribution in [0.4, 0.5) is 0 Å². The molecule has 1 spiro atoms. The fraction of sp³-hybridized carbons (Fsp3) is 0.529. The van der Waals surface area contributed by atoms with Gasteiger partial charge in [-0.2, -0.15) is 0 Å². The average molecular weight is 330 g/mol. The lowest BCUT2D eigenvalue weighted by molar-refractivity contribution is -0.140. The van der Waals surface area contributed by atoms with E-state index in [4.69, 9.17) is 4.84 Å². The summed E-state index contributed by atoms with van der Waals surface area (Å²) in [6.45, 7) is 3.53. The largest absolute Gasteiger partial charge is 0.386 e. The molecule has 24 heavy (non-hydrogen) atoms. The molecule has 1 fully saturated rings. The van der Waals surface area contributed by atoms with Crippen molar-refractivity contribution >= 4 is 17.5 Å². The third kappa shape index (κ3) is 3.55. The number of pyridine rings is 1. The standard InChI is InChI=1S/C17H22N4O3/c1-2-15(22)21-9-3-6-17(12-21)10-14(20-24-17)16(23)19-11-13-4-7-18-8-5-13/h4-5,7-8H,2-3,6,9-12H2,1H3,(H,19,23). The van der Waals surface area contributed by atoms with Crippen molar-refractivity contribution in [1.82, 2.24) is 15.2 Å². The van der Waals surface area contributed by atoms with E-state index in [1.807, 2.05) is 24.0 Å². The number of hydrogen-bond donors (Lipinski definition) is 1. The summed E-state index contributed by atoms with van der Waals surface area (Å²) in [6.07, 6.45) is 5.99. The maximum Gasteiger partial charge on any atom is 0.269 e. The summed E-state index contributed by atoms with van der Waals surface area (Å²) in [5, 5.41) is 6.85. The lowest BCUT2D eigenvalue weighted by atomic mass is 9.88. The molecule has 3 heterocycles. The van der Waals surface area contributed by atoms with E-state index in [9.17, 15) is 9.59 Å². The minimum atomic E-state index is -0.535. The summed E-state index contributed by atoms with van der Waals surface area (Å²) in [7, 11) is 0. The first kappa shape index (κ1) is 16.4. The van der Waals surface area contributed by atoms with Gasteiger partial charge >= 0.3 is 0 Å². The van der Waals surface area contributed by atoms with Gasteiger partial charge in [0.1, 0.15) is 5.71 Å². The molecule has 0 aromatic carbocycles. The van der Waals surface area contributed by atoms with Crippen molar-refractivity contribution < 1.29 is 14.4 Å². The van der Waals surface area contributed by atoms with Crippen LogP contribution in [0.3, 0.4) is 0 Å². The minimum Gasteiger partial charge on any atom is -0.386 e. The van der Waals surface area contributed by atoms with Crippen LogP contribution >= 0.6 is 0 Å². The number of carbonyl (C=O) groups excluding carboxylic acids is 2. The van der Waals surface area contributed by atoms with Gasteiger partial charge in [-0.15, -0.1) is 0 Å². The first-order chi connectivity index (χ1) is 11.6. The van der Waals surface area contributed by atoms with Gasteiger partial charge in [0.25, 0.3) is 5.91 Å². The van der Waals surface area contributed by atoms with Crippen LogP contribution in [0.5, 0.6) is 0 Å². The second-order valence-corrected chi connectivity index (χ2v) is 6.30. The third-order valence-electron chi connectivity index (χ3n) is 4.50. The maximum absolute atomic E-state index is 12.3. The van der Waals surface area contributed by atoms with Gasteiger partial charge in [0.15, 0.2) is 5.60 Å². The first-order valence-electron chi connectivity index (χ1n) is 8.32. The van der Waals surface area contributed by atoms with Gasteiger partial charge in [0.2, 0.25) is 5.91 Å². The number of amides is 2. The fourth-order valence-corrected chi connectivity index (χ4v) is 3.18. The SMILES string of the molecule is CCC(=O)N1CCCC2(CC(C(=O)NCc3ccncc3)=NO2)C1. The molecule has 0 bridgehead atoms. The zero-order valence-corrected chi connectivity index (χ0v) is 13.8. The van der Waals surface area contributed by atoms with Crippen LogP contribution in [-0.2, 0) is 21.0 Å². The summed E-state index contributed by atoms with van der Waals surface area (Å²) in [6, 6.07) is 3.70. The third-order valence-corrected chi connectivity index (χ3v) is 4.50. The molecular formula is C17H22N4O3. The number of rotatable bonds is 4. The zero-order chi connectivity index (χ0) is 17.0. The molecule has 0 radical (unpaired) electrons. The van der Waals surface area contributed by atoms with Crippen molar-refractivity contribution in [2.45, 2.75) is 44.8 Å². The molecule has 2 amide bonds. The van der Waals surface area contributed by atoms with Crippen molar-refractivity contribution in [2.75, 3.05) is 13.1 Å². The fourth-order valence-electron chi connectivity index (χ4n) is 3.18. The molecule has 3 rings (SSSR count). The number of likely N-dealkylation sites (tertiary alicyclic amines) is 1. The molecule has 2 aliphatic heterocycles. The van der Waals surface area contributed by atoms with Crippen LogP contribution in [0.15, 0.2) is 29.7 Å². The summed E-state index contributed by atoms with van der Waals surface area (Å²) in [5.74, 6) is -0.101. The number of aromatic nitrogens is 1. The summed E-state index contributed by atoms with van der Waals surface area (Å²) in [5.41, 5.74) is 0.840. The molecule has 1 aromatic rings. The number of carbonyl (C=O) groups is 2. The number of oxime groups is 1. The highest BCUT2D eigenvalue weighted by atomic mass is 16.7. The normalized spacial score (nSPS) is 22.9. The smallest absolute Gasteiger partial charge is 0.269 e. The van der Waals surface area contributed by atoms with Gasteiger partial charge in [-0.05, 0) is 30.5 Å². The van der Waals surface area contributed by atoms with Crippen LogP contribution < -0.4 is 5.32 Å². The summed E-state index contributed by atoms with van der Waals surface area (Å²) in [4.78, 5) is 35.6. The number of nitrogens with zero attached hydrogens (tertiary/aromatic N) is 3. The van der Waals surface area contributed by atoms with Crippen molar-refractivity contribution in [3.8, 4) is 0 Å². The molecule has 7 nitrogen and oxygen atoms in total. The molecular weight excluding hydrogens is 308 g/mol. The Morgan fingerprint density at radius 1 is 1.38 bits per heavy atom. The highest BCUT2D eigenvalue weighted by molar-refractivity contribution is 6.39. The Morgan fingerprint density at radius 3 is 2.92 bits per heavy atom. The predicted octanol–water partition coefficient (Wildman–Crippen LogP) is 1.25. The van der Waals surface area contributed by atoms with E-state index in [0.717, 1.165) is 24.9 Å². The summed E-state index contributed by atoms with van der Waals surface area (Å²) >= 11 is 0. The Kier molecular flexibility index (Phi) is 4.78. The van der Waals surface area contributed by atoms with Crippen LogP contribution in [0, 0.1) is 0 Å². The molecule has 1 saturated heterocycles. The maximum atomic E-state index is 12.3. The van der Waals surface area contributed by atoms with Gasteiger partial charge in [0, 0.05) is 38.3 Å². The average Bonchev–Trinajstić information content (AvgIpc) is 3.03. The second-order valence-electron chi connectivity index (χ2n) is 6.30. The van der Waals surface area contributed by atoms with E-state index in [-0.39, 0.29) is 11.8 Å². The first-order valence-corrected chi connectivity index (χ1v) is 8.32. The molecule has 7 heteroatoms. The van der Waals surface area contributed by atoms with Crippen molar-refractivity contribution in [2.24, 2.45) is 5.16 Å². The monoisotopic (exact) mass is 330 g/mol. The van der Waals surface area contributed by atoms with Gasteiger partial charge < -0.3 is 15.1 Å². The topological polar surface area (TPSA) is 83.9 Å². The van der Waals surface area contributed by atoms with Gasteiger partial charge in [-0.3, -0.25) is 14.6 Å². The van der Waals surface area contributed by atoms with Crippen LogP contribution in [0.2, 0.25) is 0 Å². The molecule has 0 aliphatic carbocycles. The van der Waals surface area contributed by atoms with Crippen molar-refractivity contribution in [1.29, 1.82) is 0 Å². The van der Waals surface area contributed by atoms with Gasteiger partial charge in [-0.1, -0.05) is 12.1 Å². The van der Waals surface area contributed by atoms with Crippen LogP contribution in [0.25, 0.3) is 0 Å². The second kappa shape index (κ2) is 6.98. The minimum absolute atomic E-state index is 0.119. The molecule has 0 saturated carbocycles. The number of nitrogens with one attached hydrogen (secondary N) is 1. The molecule has 2 aliphatic rings. The Bertz CT molecular complexity index is 646. The van der Waals surface area contributed by atoms with Crippen molar-refractivity contribution in [3.05, 3.63) is 30.1 Å². The highest BCUT2D eigenvalue weighted by Crippen LogP contribution is 2.33. The van der Waals surface area contributed by atoms with Crippen LogP contribution in [-0.4, -0.2) is 46.1 Å². The Labute approximate surface area is 141 Å². The summed E-state index contributed by atoms with van der Waals surface area (Å²) < 4.78 is 0. The molecule has 1 N–H and O–H groups in total. The molecule has 1 unspecified atom stereocenters. The van der Waals surface area contributed by atoms with Crippen LogP contribution in [0.1, 0.15) is 38.2 Å². The predicted molar refractivity (Wildman–Crippen MR) is 88.1 cm³/mol. The number of piperidine rings is 1. The Hall–Kier alpha value is -2.44. The van der Waals surface area contributed by atoms with E-state index in [0.29, 0.717) is 31.6 Å².